The van der Waals surface area contributed by atoms with Gasteiger partial charge in [-0.1, -0.05) is 13.0 Å². The molecular formula is C22H30FN5O3. The van der Waals surface area contributed by atoms with Crippen LogP contribution in [0.5, 0.6) is 0 Å². The predicted molar refractivity (Wildman–Crippen MR) is 114 cm³/mol. The second-order valence-electron chi connectivity index (χ2n) is 9.02. The van der Waals surface area contributed by atoms with Crippen LogP contribution in [0.15, 0.2) is 24.3 Å². The van der Waals surface area contributed by atoms with Gasteiger partial charge in [-0.2, -0.15) is 0 Å². The molecule has 2 heterocycles. The van der Waals surface area contributed by atoms with E-state index in [4.69, 9.17) is 0 Å². The zero-order valence-electron chi connectivity index (χ0n) is 17.9. The van der Waals surface area contributed by atoms with Gasteiger partial charge in [0.05, 0.1) is 13.2 Å². The molecule has 0 radical (unpaired) electrons. The Labute approximate surface area is 181 Å². The van der Waals surface area contributed by atoms with E-state index in [-0.39, 0.29) is 31.1 Å². The lowest BCUT2D eigenvalue weighted by Gasteiger charge is -2.36. The molecular weight excluding hydrogens is 401 g/mol. The Morgan fingerprint density at radius 3 is 2.52 bits per heavy atom. The van der Waals surface area contributed by atoms with Crippen molar-refractivity contribution in [1.29, 1.82) is 0 Å². The number of amides is 4. The monoisotopic (exact) mass is 431 g/mol. The molecule has 0 bridgehead atoms. The van der Waals surface area contributed by atoms with E-state index >= 15 is 0 Å². The van der Waals surface area contributed by atoms with Gasteiger partial charge in [0.1, 0.15) is 11.4 Å². The fourth-order valence-electron chi connectivity index (χ4n) is 4.66. The van der Waals surface area contributed by atoms with Gasteiger partial charge in [-0.05, 0) is 49.8 Å². The van der Waals surface area contributed by atoms with Crippen LogP contribution in [0.4, 0.5) is 14.9 Å². The van der Waals surface area contributed by atoms with Gasteiger partial charge in [0, 0.05) is 31.9 Å². The Morgan fingerprint density at radius 2 is 1.84 bits per heavy atom. The molecule has 3 aliphatic rings. The molecule has 0 aromatic heterocycles. The van der Waals surface area contributed by atoms with Crippen LogP contribution in [-0.4, -0.2) is 77.5 Å². The Morgan fingerprint density at radius 1 is 1.16 bits per heavy atom. The minimum Gasteiger partial charge on any atom is -0.325 e. The molecule has 1 aliphatic carbocycles. The standard InChI is InChI=1S/C22H30FN5O3/c1-16-5-7-22(8-6-16)20(30)28(21(31)25-22)15-27-11-9-26(10-12-27)14-19(29)24-18-4-2-3-17(23)13-18/h2-4,13,16H,5-12,14-15H2,1H3,(H,24,29)(H,25,31). The maximum atomic E-state index is 13.3. The number of benzene rings is 1. The first-order chi connectivity index (χ1) is 14.8. The normalized spacial score (nSPS) is 27.5. The zero-order valence-corrected chi connectivity index (χ0v) is 17.9. The first-order valence-electron chi connectivity index (χ1n) is 11.0. The second kappa shape index (κ2) is 8.92. The van der Waals surface area contributed by atoms with Gasteiger partial charge in [-0.15, -0.1) is 0 Å². The molecule has 168 valence electrons. The summed E-state index contributed by atoms with van der Waals surface area (Å²) >= 11 is 0. The molecule has 31 heavy (non-hydrogen) atoms. The average molecular weight is 432 g/mol. The number of piperazine rings is 1. The number of carbonyl (C=O) groups excluding carboxylic acids is 3. The summed E-state index contributed by atoms with van der Waals surface area (Å²) in [7, 11) is 0. The molecule has 1 aromatic carbocycles. The molecule has 1 saturated carbocycles. The maximum absolute atomic E-state index is 13.3. The van der Waals surface area contributed by atoms with Crippen molar-refractivity contribution in [1.82, 2.24) is 20.0 Å². The van der Waals surface area contributed by atoms with Crippen molar-refractivity contribution in [3.05, 3.63) is 30.1 Å². The van der Waals surface area contributed by atoms with Crippen molar-refractivity contribution >= 4 is 23.5 Å². The van der Waals surface area contributed by atoms with Gasteiger partial charge in [-0.25, -0.2) is 14.1 Å². The van der Waals surface area contributed by atoms with E-state index in [0.717, 1.165) is 12.8 Å². The van der Waals surface area contributed by atoms with Crippen LogP contribution in [0, 0.1) is 11.7 Å². The van der Waals surface area contributed by atoms with Crippen molar-refractivity contribution in [3.8, 4) is 0 Å². The number of hydrogen-bond acceptors (Lipinski definition) is 5. The Kier molecular flexibility index (Phi) is 6.24. The van der Waals surface area contributed by atoms with Crippen LogP contribution >= 0.6 is 0 Å². The van der Waals surface area contributed by atoms with E-state index < -0.39 is 11.4 Å². The van der Waals surface area contributed by atoms with E-state index in [0.29, 0.717) is 50.6 Å². The first-order valence-corrected chi connectivity index (χ1v) is 11.0. The number of nitrogens with zero attached hydrogens (tertiary/aromatic N) is 3. The molecule has 0 atom stereocenters. The van der Waals surface area contributed by atoms with Crippen LogP contribution in [0.3, 0.4) is 0 Å². The number of nitrogens with one attached hydrogen (secondary N) is 2. The highest BCUT2D eigenvalue weighted by molar-refractivity contribution is 6.07. The Bertz CT molecular complexity index is 847. The quantitative estimate of drug-likeness (QED) is 0.695. The highest BCUT2D eigenvalue weighted by atomic mass is 19.1. The van der Waals surface area contributed by atoms with Crippen LogP contribution in [0.1, 0.15) is 32.6 Å². The van der Waals surface area contributed by atoms with E-state index in [1.54, 1.807) is 12.1 Å². The smallest absolute Gasteiger partial charge is 0.325 e. The third-order valence-electron chi connectivity index (χ3n) is 6.66. The molecule has 9 heteroatoms. The van der Waals surface area contributed by atoms with Gasteiger partial charge < -0.3 is 10.6 Å². The van der Waals surface area contributed by atoms with Crippen molar-refractivity contribution in [3.63, 3.8) is 0 Å². The second-order valence-corrected chi connectivity index (χ2v) is 9.02. The highest BCUT2D eigenvalue weighted by Gasteiger charge is 2.52. The molecule has 8 nitrogen and oxygen atoms in total. The van der Waals surface area contributed by atoms with Crippen LogP contribution in [0.2, 0.25) is 0 Å². The molecule has 2 aliphatic heterocycles. The summed E-state index contributed by atoms with van der Waals surface area (Å²) in [6.45, 7) is 5.32. The predicted octanol–water partition coefficient (Wildman–Crippen LogP) is 1.84. The van der Waals surface area contributed by atoms with Gasteiger partial charge in [0.2, 0.25) is 5.91 Å². The maximum Gasteiger partial charge on any atom is 0.326 e. The Hall–Kier alpha value is -2.52. The van der Waals surface area contributed by atoms with E-state index in [2.05, 4.69) is 22.5 Å². The first kappa shape index (κ1) is 21.7. The summed E-state index contributed by atoms with van der Waals surface area (Å²) in [5.41, 5.74) is -0.270. The van der Waals surface area contributed by atoms with Gasteiger partial charge >= 0.3 is 6.03 Å². The van der Waals surface area contributed by atoms with Crippen molar-refractivity contribution in [2.45, 2.75) is 38.1 Å². The lowest BCUT2D eigenvalue weighted by molar-refractivity contribution is -0.134. The number of carbonyl (C=O) groups is 3. The third kappa shape index (κ3) is 4.88. The Balaban J connectivity index is 1.24. The number of rotatable bonds is 5. The molecule has 3 fully saturated rings. The third-order valence-corrected chi connectivity index (χ3v) is 6.66. The molecule has 4 amide bonds. The van der Waals surface area contributed by atoms with Gasteiger partial charge in [-0.3, -0.25) is 19.4 Å². The molecule has 4 rings (SSSR count). The summed E-state index contributed by atoms with van der Waals surface area (Å²) in [5.74, 6) is -0.0880. The van der Waals surface area contributed by atoms with Crippen LogP contribution < -0.4 is 10.6 Å². The van der Waals surface area contributed by atoms with Crippen molar-refractivity contribution in [2.75, 3.05) is 44.7 Å². The van der Waals surface area contributed by atoms with Crippen LogP contribution in [0.25, 0.3) is 0 Å². The fraction of sp³-hybridized carbons (Fsp3) is 0.591. The number of hydrogen-bond donors (Lipinski definition) is 2. The summed E-state index contributed by atoms with van der Waals surface area (Å²) in [6.07, 6.45) is 3.33. The lowest BCUT2D eigenvalue weighted by Crippen LogP contribution is -2.53. The molecule has 0 unspecified atom stereocenters. The highest BCUT2D eigenvalue weighted by Crippen LogP contribution is 2.36. The van der Waals surface area contributed by atoms with E-state index in [1.807, 2.05) is 4.90 Å². The minimum absolute atomic E-state index is 0.0960. The van der Waals surface area contributed by atoms with E-state index in [9.17, 15) is 18.8 Å². The summed E-state index contributed by atoms with van der Waals surface area (Å²) in [5, 5.41) is 5.67. The number of imide groups is 1. The summed E-state index contributed by atoms with van der Waals surface area (Å²) in [6, 6.07) is 5.52. The molecule has 1 aromatic rings. The van der Waals surface area contributed by atoms with Gasteiger partial charge in [0.25, 0.3) is 5.91 Å². The minimum atomic E-state index is -0.708. The van der Waals surface area contributed by atoms with E-state index in [1.165, 1.54) is 17.0 Å². The molecule has 1 spiro atoms. The number of anilines is 1. The summed E-state index contributed by atoms with van der Waals surface area (Å²) < 4.78 is 13.3. The van der Waals surface area contributed by atoms with Crippen molar-refractivity contribution in [2.24, 2.45) is 5.92 Å². The van der Waals surface area contributed by atoms with Crippen molar-refractivity contribution < 1.29 is 18.8 Å². The topological polar surface area (TPSA) is 85.0 Å². The average Bonchev–Trinajstić information content (AvgIpc) is 2.96. The lowest BCUT2D eigenvalue weighted by atomic mass is 9.77. The fourth-order valence-corrected chi connectivity index (χ4v) is 4.66. The number of urea groups is 1. The van der Waals surface area contributed by atoms with Crippen LogP contribution in [-0.2, 0) is 9.59 Å². The number of halogens is 1. The van der Waals surface area contributed by atoms with Gasteiger partial charge in [0.15, 0.2) is 0 Å². The SMILES string of the molecule is CC1CCC2(CC1)NC(=O)N(CN1CCN(CC(=O)Nc3cccc(F)c3)CC1)C2=O. The summed E-state index contributed by atoms with van der Waals surface area (Å²) in [4.78, 5) is 43.2. The molecule has 2 N–H and O–H groups in total. The zero-order chi connectivity index (χ0) is 22.0. The largest absolute Gasteiger partial charge is 0.326 e. The molecule has 2 saturated heterocycles.